The van der Waals surface area contributed by atoms with Crippen molar-refractivity contribution in [2.45, 2.75) is 19.3 Å². The van der Waals surface area contributed by atoms with Crippen LogP contribution < -0.4 is 4.74 Å². The molecule has 0 radical (unpaired) electrons. The number of hydrogen-bond donors (Lipinski definition) is 1. The van der Waals surface area contributed by atoms with E-state index in [-0.39, 0.29) is 0 Å². The van der Waals surface area contributed by atoms with Crippen LogP contribution in [0.25, 0.3) is 0 Å². The summed E-state index contributed by atoms with van der Waals surface area (Å²) >= 11 is 0. The fourth-order valence-corrected chi connectivity index (χ4v) is 1.87. The molecule has 0 bridgehead atoms. The van der Waals surface area contributed by atoms with Gasteiger partial charge in [-0.25, -0.2) is 0 Å². The summed E-state index contributed by atoms with van der Waals surface area (Å²) in [5, 5.41) is 12.1. The quantitative estimate of drug-likeness (QED) is 0.546. The number of methoxy groups -OCH3 is 1. The van der Waals surface area contributed by atoms with Gasteiger partial charge in [0.05, 0.1) is 12.8 Å². The third-order valence-corrected chi connectivity index (χ3v) is 2.60. The second-order valence-corrected chi connectivity index (χ2v) is 3.42. The molecule has 0 aromatic heterocycles. The molecule has 1 aliphatic rings. The van der Waals surface area contributed by atoms with Gasteiger partial charge in [0.15, 0.2) is 0 Å². The first-order valence-corrected chi connectivity index (χ1v) is 4.73. The van der Waals surface area contributed by atoms with Crippen molar-refractivity contribution in [3.05, 3.63) is 29.3 Å². The molecule has 0 heterocycles. The fraction of sp³-hybridized carbons (Fsp3) is 0.364. The minimum atomic E-state index is 0.786. The predicted octanol–water partition coefficient (Wildman–Crippen LogP) is 2.21. The Balaban J connectivity index is 2.46. The lowest BCUT2D eigenvalue weighted by Crippen LogP contribution is -2.11. The van der Waals surface area contributed by atoms with Gasteiger partial charge in [0.1, 0.15) is 5.75 Å². The van der Waals surface area contributed by atoms with E-state index in [1.165, 1.54) is 5.56 Å². The maximum Gasteiger partial charge on any atom is 0.119 e. The molecule has 2 rings (SSSR count). The molecule has 3 heteroatoms. The number of oxime groups is 1. The van der Waals surface area contributed by atoms with Crippen LogP contribution >= 0.6 is 0 Å². The molecule has 0 fully saturated rings. The predicted molar refractivity (Wildman–Crippen MR) is 54.3 cm³/mol. The van der Waals surface area contributed by atoms with Crippen LogP contribution in [0.4, 0.5) is 0 Å². The first-order chi connectivity index (χ1) is 6.85. The zero-order valence-corrected chi connectivity index (χ0v) is 8.16. The summed E-state index contributed by atoms with van der Waals surface area (Å²) in [6, 6.07) is 5.87. The maximum atomic E-state index is 8.82. The lowest BCUT2D eigenvalue weighted by molar-refractivity contribution is 0.317. The summed E-state index contributed by atoms with van der Waals surface area (Å²) in [5.41, 5.74) is 3.05. The second-order valence-electron chi connectivity index (χ2n) is 3.42. The molecule has 0 spiro atoms. The highest BCUT2D eigenvalue weighted by Gasteiger charge is 2.16. The van der Waals surface area contributed by atoms with E-state index in [2.05, 4.69) is 5.16 Å². The number of hydrogen-bond acceptors (Lipinski definition) is 3. The van der Waals surface area contributed by atoms with E-state index in [0.717, 1.165) is 36.3 Å². The molecule has 14 heavy (non-hydrogen) atoms. The van der Waals surface area contributed by atoms with Crippen LogP contribution in [0.3, 0.4) is 0 Å². The Labute approximate surface area is 83.0 Å². The summed E-state index contributed by atoms with van der Waals surface area (Å²) in [5.74, 6) is 0.864. The van der Waals surface area contributed by atoms with E-state index in [0.29, 0.717) is 0 Å². The molecule has 1 aromatic carbocycles. The number of ether oxygens (including phenoxy) is 1. The number of benzene rings is 1. The number of nitrogens with zero attached hydrogens (tertiary/aromatic N) is 1. The van der Waals surface area contributed by atoms with Crippen molar-refractivity contribution in [3.8, 4) is 5.75 Å². The Kier molecular flexibility index (Phi) is 2.39. The highest BCUT2D eigenvalue weighted by atomic mass is 16.5. The van der Waals surface area contributed by atoms with Crippen LogP contribution in [-0.2, 0) is 6.42 Å². The van der Waals surface area contributed by atoms with Gasteiger partial charge >= 0.3 is 0 Å². The van der Waals surface area contributed by atoms with Gasteiger partial charge in [-0.05, 0) is 43.0 Å². The van der Waals surface area contributed by atoms with Gasteiger partial charge in [-0.15, -0.1) is 0 Å². The third-order valence-electron chi connectivity index (χ3n) is 2.60. The number of aryl methyl sites for hydroxylation is 1. The van der Waals surface area contributed by atoms with Crippen LogP contribution in [0.1, 0.15) is 24.0 Å². The van der Waals surface area contributed by atoms with Gasteiger partial charge in [-0.2, -0.15) is 0 Å². The molecular weight excluding hydrogens is 178 g/mol. The summed E-state index contributed by atoms with van der Waals surface area (Å²) in [7, 11) is 1.66. The van der Waals surface area contributed by atoms with Crippen molar-refractivity contribution in [1.29, 1.82) is 0 Å². The molecular formula is C11H13NO2. The minimum Gasteiger partial charge on any atom is -0.497 e. The largest absolute Gasteiger partial charge is 0.497 e. The molecule has 0 unspecified atom stereocenters. The smallest absolute Gasteiger partial charge is 0.119 e. The zero-order chi connectivity index (χ0) is 9.97. The summed E-state index contributed by atoms with van der Waals surface area (Å²) in [4.78, 5) is 0. The van der Waals surface area contributed by atoms with Crippen molar-refractivity contribution in [2.24, 2.45) is 5.16 Å². The normalized spacial score (nSPS) is 17.9. The Morgan fingerprint density at radius 3 is 2.93 bits per heavy atom. The molecule has 0 saturated heterocycles. The van der Waals surface area contributed by atoms with Gasteiger partial charge in [0.2, 0.25) is 0 Å². The first kappa shape index (κ1) is 9.06. The molecule has 74 valence electrons. The van der Waals surface area contributed by atoms with Crippen LogP contribution in [0.2, 0.25) is 0 Å². The van der Waals surface area contributed by atoms with Crippen molar-refractivity contribution in [1.82, 2.24) is 0 Å². The summed E-state index contributed by atoms with van der Waals surface area (Å²) in [6.45, 7) is 0. The molecule has 1 aromatic rings. The van der Waals surface area contributed by atoms with Crippen molar-refractivity contribution >= 4 is 5.71 Å². The van der Waals surface area contributed by atoms with Gasteiger partial charge in [-0.3, -0.25) is 0 Å². The van der Waals surface area contributed by atoms with E-state index in [4.69, 9.17) is 9.94 Å². The van der Waals surface area contributed by atoms with E-state index >= 15 is 0 Å². The van der Waals surface area contributed by atoms with Crippen molar-refractivity contribution < 1.29 is 9.94 Å². The molecule has 0 aliphatic heterocycles. The standard InChI is InChI=1S/C11H13NO2/c1-14-9-5-6-10-8(7-9)3-2-4-11(10)12-13/h5-7,13H,2-4H2,1H3/b12-11+. The van der Waals surface area contributed by atoms with E-state index < -0.39 is 0 Å². The molecule has 1 N–H and O–H groups in total. The van der Waals surface area contributed by atoms with E-state index in [9.17, 15) is 0 Å². The topological polar surface area (TPSA) is 41.8 Å². The second kappa shape index (κ2) is 3.70. The summed E-state index contributed by atoms with van der Waals surface area (Å²) in [6.07, 6.45) is 2.93. The average Bonchev–Trinajstić information content (AvgIpc) is 2.27. The van der Waals surface area contributed by atoms with E-state index in [1.54, 1.807) is 7.11 Å². The van der Waals surface area contributed by atoms with Gasteiger partial charge in [0.25, 0.3) is 0 Å². The molecule has 0 atom stereocenters. The molecule has 0 amide bonds. The Morgan fingerprint density at radius 1 is 1.36 bits per heavy atom. The fourth-order valence-electron chi connectivity index (χ4n) is 1.87. The number of rotatable bonds is 1. The first-order valence-electron chi connectivity index (χ1n) is 4.73. The van der Waals surface area contributed by atoms with Gasteiger partial charge in [-0.1, -0.05) is 5.16 Å². The van der Waals surface area contributed by atoms with Crippen LogP contribution in [-0.4, -0.2) is 18.0 Å². The number of fused-ring (bicyclic) bond motifs is 1. The van der Waals surface area contributed by atoms with Crippen LogP contribution in [0.15, 0.2) is 23.4 Å². The van der Waals surface area contributed by atoms with Crippen molar-refractivity contribution in [2.75, 3.05) is 7.11 Å². The zero-order valence-electron chi connectivity index (χ0n) is 8.16. The lowest BCUT2D eigenvalue weighted by Gasteiger charge is -2.17. The average molecular weight is 191 g/mol. The maximum absolute atomic E-state index is 8.82. The lowest BCUT2D eigenvalue weighted by atomic mass is 9.90. The van der Waals surface area contributed by atoms with Crippen LogP contribution in [0, 0.1) is 0 Å². The highest BCUT2D eigenvalue weighted by Crippen LogP contribution is 2.25. The Morgan fingerprint density at radius 2 is 2.21 bits per heavy atom. The van der Waals surface area contributed by atoms with Crippen LogP contribution in [0.5, 0.6) is 5.75 Å². The molecule has 3 nitrogen and oxygen atoms in total. The highest BCUT2D eigenvalue weighted by molar-refractivity contribution is 6.02. The monoisotopic (exact) mass is 191 g/mol. The SMILES string of the molecule is COc1ccc2c(c1)CCC/C2=N\O. The van der Waals surface area contributed by atoms with Gasteiger partial charge < -0.3 is 9.94 Å². The Hall–Kier alpha value is -1.51. The van der Waals surface area contributed by atoms with Gasteiger partial charge in [0, 0.05) is 5.56 Å². The molecule has 1 aliphatic carbocycles. The van der Waals surface area contributed by atoms with Crippen molar-refractivity contribution in [3.63, 3.8) is 0 Å². The molecule has 0 saturated carbocycles. The third kappa shape index (κ3) is 1.45. The van der Waals surface area contributed by atoms with E-state index in [1.807, 2.05) is 18.2 Å². The minimum absolute atomic E-state index is 0.786. The summed E-state index contributed by atoms with van der Waals surface area (Å²) < 4.78 is 5.15. The Bertz CT molecular complexity index is 372.